The van der Waals surface area contributed by atoms with E-state index in [2.05, 4.69) is 20.1 Å². The van der Waals surface area contributed by atoms with Crippen LogP contribution in [-0.4, -0.2) is 20.1 Å². The van der Waals surface area contributed by atoms with Crippen LogP contribution in [0.1, 0.15) is 5.69 Å². The molecule has 0 aliphatic carbocycles. The first-order valence-corrected chi connectivity index (χ1v) is 5.68. The molecule has 0 saturated heterocycles. The molecule has 3 rings (SSSR count). The highest BCUT2D eigenvalue weighted by atomic mass is 35.5. The molecule has 0 aromatic carbocycles. The molecule has 0 aliphatic rings. The van der Waals surface area contributed by atoms with Gasteiger partial charge in [0.05, 0.1) is 10.6 Å². The maximum atomic E-state index is 8.74. The molecule has 0 saturated carbocycles. The van der Waals surface area contributed by atoms with E-state index in [1.54, 1.807) is 24.4 Å². The van der Waals surface area contributed by atoms with Crippen molar-refractivity contribution in [2.75, 3.05) is 0 Å². The third-order valence-electron chi connectivity index (χ3n) is 2.43. The van der Waals surface area contributed by atoms with E-state index < -0.39 is 0 Å². The SMILES string of the molecule is N#Cc1cc(-c2nc(-c3ccc(Cl)cn3)no2)c[nH]1. The molecule has 19 heavy (non-hydrogen) atoms. The monoisotopic (exact) mass is 271 g/mol. The van der Waals surface area contributed by atoms with Crippen molar-refractivity contribution in [3.05, 3.63) is 41.3 Å². The van der Waals surface area contributed by atoms with E-state index in [-0.39, 0.29) is 0 Å². The Kier molecular flexibility index (Phi) is 2.74. The predicted octanol–water partition coefficient (Wildman–Crippen LogP) is 2.65. The Labute approximate surface area is 112 Å². The number of nitriles is 1. The summed E-state index contributed by atoms with van der Waals surface area (Å²) in [6.07, 6.45) is 3.14. The molecule has 3 heterocycles. The minimum absolute atomic E-state index is 0.324. The van der Waals surface area contributed by atoms with Gasteiger partial charge in [0.15, 0.2) is 0 Å². The third-order valence-corrected chi connectivity index (χ3v) is 2.66. The molecule has 0 bridgehead atoms. The zero-order valence-corrected chi connectivity index (χ0v) is 10.2. The van der Waals surface area contributed by atoms with Crippen LogP contribution >= 0.6 is 11.6 Å². The summed E-state index contributed by atoms with van der Waals surface area (Å²) >= 11 is 5.76. The van der Waals surface area contributed by atoms with Gasteiger partial charge in [-0.1, -0.05) is 16.8 Å². The van der Waals surface area contributed by atoms with Crippen LogP contribution in [0, 0.1) is 11.3 Å². The number of hydrogen-bond acceptors (Lipinski definition) is 5. The second kappa shape index (κ2) is 4.55. The Bertz CT molecular complexity index is 753. The Morgan fingerprint density at radius 3 is 2.95 bits per heavy atom. The van der Waals surface area contributed by atoms with Gasteiger partial charge in [-0.3, -0.25) is 4.98 Å². The quantitative estimate of drug-likeness (QED) is 0.773. The third kappa shape index (κ3) is 2.19. The fraction of sp³-hybridized carbons (Fsp3) is 0. The van der Waals surface area contributed by atoms with E-state index in [0.29, 0.717) is 33.7 Å². The molecule has 3 aromatic heterocycles. The van der Waals surface area contributed by atoms with E-state index >= 15 is 0 Å². The molecule has 0 atom stereocenters. The largest absolute Gasteiger partial charge is 0.352 e. The van der Waals surface area contributed by atoms with Gasteiger partial charge in [-0.05, 0) is 18.2 Å². The second-order valence-corrected chi connectivity index (χ2v) is 4.14. The highest BCUT2D eigenvalue weighted by molar-refractivity contribution is 6.30. The van der Waals surface area contributed by atoms with Crippen molar-refractivity contribution in [2.24, 2.45) is 0 Å². The highest BCUT2D eigenvalue weighted by Gasteiger charge is 2.12. The van der Waals surface area contributed by atoms with E-state index in [1.165, 1.54) is 6.20 Å². The van der Waals surface area contributed by atoms with Crippen LogP contribution in [0.5, 0.6) is 0 Å². The van der Waals surface area contributed by atoms with Crippen molar-refractivity contribution in [3.63, 3.8) is 0 Å². The Hall–Kier alpha value is -2.65. The van der Waals surface area contributed by atoms with Crippen molar-refractivity contribution in [1.82, 2.24) is 20.1 Å². The van der Waals surface area contributed by atoms with Crippen molar-refractivity contribution >= 4 is 11.6 Å². The van der Waals surface area contributed by atoms with Gasteiger partial charge < -0.3 is 9.51 Å². The number of halogens is 1. The number of H-pyrrole nitrogens is 1. The van der Waals surface area contributed by atoms with Crippen LogP contribution in [0.15, 0.2) is 35.1 Å². The molecule has 0 spiro atoms. The van der Waals surface area contributed by atoms with Gasteiger partial charge in [-0.25, -0.2) is 0 Å². The number of nitrogens with one attached hydrogen (secondary N) is 1. The van der Waals surface area contributed by atoms with Crippen molar-refractivity contribution < 1.29 is 4.52 Å². The lowest BCUT2D eigenvalue weighted by Gasteiger charge is -1.92. The molecule has 0 amide bonds. The summed E-state index contributed by atoms with van der Waals surface area (Å²) in [6.45, 7) is 0. The Morgan fingerprint density at radius 1 is 1.37 bits per heavy atom. The van der Waals surface area contributed by atoms with Crippen LogP contribution in [0.2, 0.25) is 5.02 Å². The summed E-state index contributed by atoms with van der Waals surface area (Å²) in [5.41, 5.74) is 1.65. The minimum Gasteiger partial charge on any atom is -0.352 e. The smallest absolute Gasteiger partial charge is 0.259 e. The minimum atomic E-state index is 0.324. The normalized spacial score (nSPS) is 10.3. The first-order chi connectivity index (χ1) is 9.26. The lowest BCUT2D eigenvalue weighted by Crippen LogP contribution is -1.84. The molecule has 92 valence electrons. The van der Waals surface area contributed by atoms with Crippen LogP contribution in [0.3, 0.4) is 0 Å². The number of aromatic amines is 1. The summed E-state index contributed by atoms with van der Waals surface area (Å²) in [4.78, 5) is 11.1. The summed E-state index contributed by atoms with van der Waals surface area (Å²) in [5, 5.41) is 13.1. The molecular weight excluding hydrogens is 266 g/mol. The summed E-state index contributed by atoms with van der Waals surface area (Å²) in [5.74, 6) is 0.691. The Morgan fingerprint density at radius 2 is 2.26 bits per heavy atom. The molecule has 6 nitrogen and oxygen atoms in total. The average Bonchev–Trinajstić information content (AvgIpc) is 3.08. The molecule has 0 aliphatic heterocycles. The summed E-state index contributed by atoms with van der Waals surface area (Å²) < 4.78 is 5.13. The van der Waals surface area contributed by atoms with E-state index in [0.717, 1.165) is 0 Å². The Balaban J connectivity index is 1.95. The van der Waals surface area contributed by atoms with Crippen LogP contribution in [0.25, 0.3) is 23.0 Å². The van der Waals surface area contributed by atoms with Gasteiger partial charge in [0.1, 0.15) is 17.5 Å². The van der Waals surface area contributed by atoms with Gasteiger partial charge in [0.25, 0.3) is 5.89 Å². The predicted molar refractivity (Wildman–Crippen MR) is 67.0 cm³/mol. The van der Waals surface area contributed by atoms with Crippen LogP contribution < -0.4 is 0 Å². The highest BCUT2D eigenvalue weighted by Crippen LogP contribution is 2.22. The molecule has 0 fully saturated rings. The maximum absolute atomic E-state index is 8.74. The molecule has 0 radical (unpaired) electrons. The molecular formula is C12H6ClN5O. The van der Waals surface area contributed by atoms with Crippen molar-refractivity contribution in [2.45, 2.75) is 0 Å². The maximum Gasteiger partial charge on any atom is 0.259 e. The van der Waals surface area contributed by atoms with Gasteiger partial charge in [-0.15, -0.1) is 0 Å². The first kappa shape index (κ1) is 11.4. The number of nitrogens with zero attached hydrogens (tertiary/aromatic N) is 4. The average molecular weight is 272 g/mol. The fourth-order valence-electron chi connectivity index (χ4n) is 1.54. The summed E-state index contributed by atoms with van der Waals surface area (Å²) in [6, 6.07) is 7.02. The molecule has 7 heteroatoms. The topological polar surface area (TPSA) is 91.4 Å². The molecule has 3 aromatic rings. The molecule has 0 unspecified atom stereocenters. The number of hydrogen-bond donors (Lipinski definition) is 1. The van der Waals surface area contributed by atoms with Gasteiger partial charge in [-0.2, -0.15) is 10.2 Å². The second-order valence-electron chi connectivity index (χ2n) is 3.70. The van der Waals surface area contributed by atoms with E-state index in [9.17, 15) is 0 Å². The lowest BCUT2D eigenvalue weighted by atomic mass is 10.3. The lowest BCUT2D eigenvalue weighted by molar-refractivity contribution is 0.432. The number of pyridine rings is 1. The van der Waals surface area contributed by atoms with Gasteiger partial charge in [0, 0.05) is 12.4 Å². The molecule has 1 N–H and O–H groups in total. The number of aromatic nitrogens is 4. The zero-order chi connectivity index (χ0) is 13.2. The van der Waals surface area contributed by atoms with E-state index in [1.807, 2.05) is 6.07 Å². The van der Waals surface area contributed by atoms with E-state index in [4.69, 9.17) is 21.4 Å². The first-order valence-electron chi connectivity index (χ1n) is 5.31. The van der Waals surface area contributed by atoms with Crippen LogP contribution in [-0.2, 0) is 0 Å². The van der Waals surface area contributed by atoms with Crippen LogP contribution in [0.4, 0.5) is 0 Å². The van der Waals surface area contributed by atoms with Crippen molar-refractivity contribution in [3.8, 4) is 29.0 Å². The fourth-order valence-corrected chi connectivity index (χ4v) is 1.65. The summed E-state index contributed by atoms with van der Waals surface area (Å²) in [7, 11) is 0. The van der Waals surface area contributed by atoms with Crippen molar-refractivity contribution in [1.29, 1.82) is 5.26 Å². The zero-order valence-electron chi connectivity index (χ0n) is 9.46. The van der Waals surface area contributed by atoms with Gasteiger partial charge >= 0.3 is 0 Å². The number of rotatable bonds is 2. The standard InChI is InChI=1S/C12H6ClN5O/c13-8-1-2-10(16-6-8)11-17-12(19-18-11)7-3-9(4-14)15-5-7/h1-3,5-6,15H. The van der Waals surface area contributed by atoms with Gasteiger partial charge in [0.2, 0.25) is 5.82 Å².